The molecule has 0 aliphatic rings. The van der Waals surface area contributed by atoms with Gasteiger partial charge in [-0.1, -0.05) is 176 Å². The molecule has 0 bridgehead atoms. The second-order valence-corrected chi connectivity index (χ2v) is 15.2. The van der Waals surface area contributed by atoms with Crippen LogP contribution >= 0.6 is 11.3 Å². The van der Waals surface area contributed by atoms with Gasteiger partial charge >= 0.3 is 0 Å². The van der Waals surface area contributed by atoms with Crippen molar-refractivity contribution in [3.05, 3.63) is 194 Å². The van der Waals surface area contributed by atoms with Gasteiger partial charge in [-0.15, -0.1) is 11.3 Å². The summed E-state index contributed by atoms with van der Waals surface area (Å²) in [6.45, 7) is 0. The van der Waals surface area contributed by atoms with E-state index in [2.05, 4.69) is 188 Å². The van der Waals surface area contributed by atoms with Crippen LogP contribution in [-0.4, -0.2) is 9.97 Å². The number of rotatable bonds is 5. The molecule has 256 valence electrons. The van der Waals surface area contributed by atoms with Crippen molar-refractivity contribution in [3.63, 3.8) is 0 Å². The largest absolute Gasteiger partial charge is 0.228 e. The van der Waals surface area contributed by atoms with Crippen LogP contribution in [0.5, 0.6) is 0 Å². The molecule has 0 fully saturated rings. The monoisotopic (exact) mass is 716 g/mol. The van der Waals surface area contributed by atoms with Crippen molar-refractivity contribution in [1.82, 2.24) is 9.97 Å². The first-order valence-electron chi connectivity index (χ1n) is 18.6. The molecule has 0 atom stereocenters. The average Bonchev–Trinajstić information content (AvgIpc) is 3.65. The second kappa shape index (κ2) is 12.9. The molecule has 0 saturated carbocycles. The molecule has 2 heterocycles. The Hall–Kier alpha value is -6.94. The SMILES string of the molecule is c1ccc(-c2cc(-c3ccc(-c4cccc5c4sc4ccccc45)cc3)nc(-c3ccc(-c4c5ccccc5cc5c4ccc4ccccc45)cc3)n2)cc1. The molecule has 11 aromatic rings. The van der Waals surface area contributed by atoms with Crippen molar-refractivity contribution in [2.24, 2.45) is 0 Å². The molecule has 0 aliphatic heterocycles. The van der Waals surface area contributed by atoms with Crippen molar-refractivity contribution < 1.29 is 0 Å². The molecule has 11 rings (SSSR count). The highest BCUT2D eigenvalue weighted by Gasteiger charge is 2.16. The van der Waals surface area contributed by atoms with E-state index in [1.165, 1.54) is 74.7 Å². The summed E-state index contributed by atoms with van der Waals surface area (Å²) in [5.41, 5.74) is 9.76. The molecule has 0 radical (unpaired) electrons. The third-order valence-electron chi connectivity index (χ3n) is 10.9. The zero-order chi connectivity index (χ0) is 36.3. The lowest BCUT2D eigenvalue weighted by molar-refractivity contribution is 1.18. The number of fused-ring (bicyclic) bond motifs is 7. The summed E-state index contributed by atoms with van der Waals surface area (Å²) in [6, 6.07) is 69.7. The molecule has 9 aromatic carbocycles. The van der Waals surface area contributed by atoms with Gasteiger partial charge in [0.05, 0.1) is 11.4 Å². The minimum absolute atomic E-state index is 0.704. The highest BCUT2D eigenvalue weighted by Crippen LogP contribution is 2.42. The van der Waals surface area contributed by atoms with Gasteiger partial charge in [-0.25, -0.2) is 9.97 Å². The van der Waals surface area contributed by atoms with Gasteiger partial charge in [0.15, 0.2) is 5.82 Å². The van der Waals surface area contributed by atoms with Crippen molar-refractivity contribution in [3.8, 4) is 56.2 Å². The standard InChI is InChI=1S/C52H32N2S/c1-2-12-35(13-3-1)47-32-48(36-23-21-34(22-24-36)42-18-10-19-45-43-17-8-9-20-49(43)55-51(42)45)54-52(53-47)38-27-25-37(26-28-38)50-41-16-7-5-14-39(41)31-46-40-15-6-4-11-33(40)29-30-44(46)50/h1-32H. The zero-order valence-electron chi connectivity index (χ0n) is 29.8. The number of nitrogens with zero attached hydrogens (tertiary/aromatic N) is 2. The molecule has 0 unspecified atom stereocenters. The van der Waals surface area contributed by atoms with Crippen molar-refractivity contribution in [2.45, 2.75) is 0 Å². The maximum atomic E-state index is 5.21. The Morgan fingerprint density at radius 3 is 1.73 bits per heavy atom. The molecule has 0 aliphatic carbocycles. The van der Waals surface area contributed by atoms with Crippen LogP contribution in [0.25, 0.3) is 109 Å². The third-order valence-corrected chi connectivity index (χ3v) is 12.1. The molecule has 55 heavy (non-hydrogen) atoms. The lowest BCUT2D eigenvalue weighted by Crippen LogP contribution is -1.96. The van der Waals surface area contributed by atoms with E-state index in [4.69, 9.17) is 9.97 Å². The van der Waals surface area contributed by atoms with E-state index in [0.717, 1.165) is 28.1 Å². The summed E-state index contributed by atoms with van der Waals surface area (Å²) in [5.74, 6) is 0.704. The Balaban J connectivity index is 1.01. The Morgan fingerprint density at radius 2 is 0.927 bits per heavy atom. The van der Waals surface area contributed by atoms with Crippen LogP contribution in [0.1, 0.15) is 0 Å². The molecule has 2 nitrogen and oxygen atoms in total. The normalized spacial score (nSPS) is 11.6. The minimum atomic E-state index is 0.704. The first-order valence-corrected chi connectivity index (χ1v) is 19.5. The molecule has 0 N–H and O–H groups in total. The number of hydrogen-bond donors (Lipinski definition) is 0. The minimum Gasteiger partial charge on any atom is -0.228 e. The van der Waals surface area contributed by atoms with E-state index >= 15 is 0 Å². The van der Waals surface area contributed by atoms with E-state index in [1.807, 2.05) is 17.4 Å². The first kappa shape index (κ1) is 31.6. The average molecular weight is 717 g/mol. The Labute approximate surface area is 322 Å². The van der Waals surface area contributed by atoms with Crippen LogP contribution in [0.2, 0.25) is 0 Å². The van der Waals surface area contributed by atoms with Crippen molar-refractivity contribution >= 4 is 63.8 Å². The Kier molecular flexibility index (Phi) is 7.39. The van der Waals surface area contributed by atoms with Crippen LogP contribution in [0.15, 0.2) is 194 Å². The van der Waals surface area contributed by atoms with Gasteiger partial charge < -0.3 is 0 Å². The summed E-state index contributed by atoms with van der Waals surface area (Å²) < 4.78 is 2.64. The lowest BCUT2D eigenvalue weighted by atomic mass is 9.89. The summed E-state index contributed by atoms with van der Waals surface area (Å²) in [5, 5.41) is 10.1. The number of hydrogen-bond acceptors (Lipinski definition) is 3. The number of aromatic nitrogens is 2. The van der Waals surface area contributed by atoms with Gasteiger partial charge in [0.1, 0.15) is 0 Å². The predicted molar refractivity (Wildman–Crippen MR) is 235 cm³/mol. The van der Waals surface area contributed by atoms with Crippen LogP contribution in [0.4, 0.5) is 0 Å². The van der Waals surface area contributed by atoms with Crippen LogP contribution in [-0.2, 0) is 0 Å². The van der Waals surface area contributed by atoms with Crippen molar-refractivity contribution in [2.75, 3.05) is 0 Å². The van der Waals surface area contributed by atoms with Crippen LogP contribution in [0, 0.1) is 0 Å². The maximum Gasteiger partial charge on any atom is 0.160 e. The fourth-order valence-electron chi connectivity index (χ4n) is 8.19. The molecule has 3 heteroatoms. The summed E-state index contributed by atoms with van der Waals surface area (Å²) in [4.78, 5) is 10.4. The fraction of sp³-hybridized carbons (Fsp3) is 0. The highest BCUT2D eigenvalue weighted by atomic mass is 32.1. The predicted octanol–water partition coefficient (Wildman–Crippen LogP) is 14.6. The van der Waals surface area contributed by atoms with Crippen LogP contribution in [0.3, 0.4) is 0 Å². The summed E-state index contributed by atoms with van der Waals surface area (Å²) in [7, 11) is 0. The van der Waals surface area contributed by atoms with Gasteiger partial charge in [-0.2, -0.15) is 0 Å². The topological polar surface area (TPSA) is 25.8 Å². The van der Waals surface area contributed by atoms with E-state index in [1.54, 1.807) is 0 Å². The summed E-state index contributed by atoms with van der Waals surface area (Å²) in [6.07, 6.45) is 0. The van der Waals surface area contributed by atoms with Crippen molar-refractivity contribution in [1.29, 1.82) is 0 Å². The third kappa shape index (κ3) is 5.40. The molecule has 0 spiro atoms. The van der Waals surface area contributed by atoms with Gasteiger partial charge in [-0.05, 0) is 72.8 Å². The molecule has 2 aromatic heterocycles. The van der Waals surface area contributed by atoms with E-state index in [0.29, 0.717) is 5.82 Å². The summed E-state index contributed by atoms with van der Waals surface area (Å²) >= 11 is 1.86. The van der Waals surface area contributed by atoms with E-state index < -0.39 is 0 Å². The fourth-order valence-corrected chi connectivity index (χ4v) is 9.43. The van der Waals surface area contributed by atoms with Gasteiger partial charge in [0.2, 0.25) is 0 Å². The van der Waals surface area contributed by atoms with E-state index in [-0.39, 0.29) is 0 Å². The first-order chi connectivity index (χ1) is 27.2. The van der Waals surface area contributed by atoms with Gasteiger partial charge in [-0.3, -0.25) is 0 Å². The number of benzene rings is 9. The molecular formula is C52H32N2S. The van der Waals surface area contributed by atoms with Crippen LogP contribution < -0.4 is 0 Å². The molecule has 0 amide bonds. The Bertz CT molecular complexity index is 3230. The molecular weight excluding hydrogens is 685 g/mol. The van der Waals surface area contributed by atoms with E-state index in [9.17, 15) is 0 Å². The maximum absolute atomic E-state index is 5.21. The zero-order valence-corrected chi connectivity index (χ0v) is 30.6. The van der Waals surface area contributed by atoms with Gasteiger partial charge in [0.25, 0.3) is 0 Å². The Morgan fingerprint density at radius 1 is 0.327 bits per heavy atom. The quantitative estimate of drug-likeness (QED) is 0.131. The number of thiophene rings is 1. The molecule has 0 saturated heterocycles. The second-order valence-electron chi connectivity index (χ2n) is 14.1. The highest BCUT2D eigenvalue weighted by molar-refractivity contribution is 7.26. The smallest absolute Gasteiger partial charge is 0.160 e. The lowest BCUT2D eigenvalue weighted by Gasteiger charge is -2.15. The van der Waals surface area contributed by atoms with Gasteiger partial charge in [0, 0.05) is 36.9 Å².